The van der Waals surface area contributed by atoms with Gasteiger partial charge in [0.25, 0.3) is 11.8 Å². The van der Waals surface area contributed by atoms with Gasteiger partial charge in [-0.1, -0.05) is 0 Å². The van der Waals surface area contributed by atoms with E-state index >= 15 is 0 Å². The van der Waals surface area contributed by atoms with Crippen molar-refractivity contribution in [2.45, 2.75) is 33.4 Å². The predicted molar refractivity (Wildman–Crippen MR) is 126 cm³/mol. The van der Waals surface area contributed by atoms with Gasteiger partial charge in [-0.25, -0.2) is 9.37 Å². The van der Waals surface area contributed by atoms with E-state index in [2.05, 4.69) is 20.2 Å². The molecule has 1 N–H and O–H groups in total. The zero-order valence-corrected chi connectivity index (χ0v) is 19.7. The Kier molecular flexibility index (Phi) is 6.80. The molecule has 0 radical (unpaired) electrons. The number of anilines is 1. The molecule has 2 aromatic heterocycles. The Hall–Kier alpha value is -3.17. The molecule has 1 aliphatic rings. The van der Waals surface area contributed by atoms with Crippen LogP contribution in [0.2, 0.25) is 0 Å². The first kappa shape index (κ1) is 23.0. The highest BCUT2D eigenvalue weighted by Gasteiger charge is 2.29. The zero-order valence-electron chi connectivity index (χ0n) is 18.8. The van der Waals surface area contributed by atoms with Crippen LogP contribution in [0.3, 0.4) is 0 Å². The number of aromatic nitrogens is 2. The summed E-state index contributed by atoms with van der Waals surface area (Å²) < 4.78 is 14.4. The maximum Gasteiger partial charge on any atom is 0.283 e. The number of halogens is 1. The van der Waals surface area contributed by atoms with E-state index in [-0.39, 0.29) is 17.9 Å². The minimum absolute atomic E-state index is 0.0113. The minimum atomic E-state index is -0.404. The fourth-order valence-corrected chi connectivity index (χ4v) is 4.59. The van der Waals surface area contributed by atoms with E-state index < -0.39 is 5.82 Å². The highest BCUT2D eigenvalue weighted by molar-refractivity contribution is 7.11. The van der Waals surface area contributed by atoms with Crippen molar-refractivity contribution in [3.63, 3.8) is 0 Å². The average molecular weight is 468 g/mol. The Morgan fingerprint density at radius 3 is 2.70 bits per heavy atom. The monoisotopic (exact) mass is 467 g/mol. The molecule has 7 nitrogen and oxygen atoms in total. The lowest BCUT2D eigenvalue weighted by molar-refractivity contribution is 0.0474. The van der Waals surface area contributed by atoms with Crippen LogP contribution in [0.5, 0.6) is 0 Å². The van der Waals surface area contributed by atoms with Gasteiger partial charge in [-0.15, -0.1) is 11.3 Å². The minimum Gasteiger partial charge on any atom is -0.331 e. The Labute approximate surface area is 196 Å². The van der Waals surface area contributed by atoms with E-state index in [4.69, 9.17) is 0 Å². The van der Waals surface area contributed by atoms with Crippen molar-refractivity contribution < 1.29 is 14.0 Å². The number of hydrogen-bond donors (Lipinski definition) is 1. The molecule has 0 bridgehead atoms. The summed E-state index contributed by atoms with van der Waals surface area (Å²) in [5.41, 5.74) is 3.30. The smallest absolute Gasteiger partial charge is 0.283 e. The van der Waals surface area contributed by atoms with Crippen LogP contribution in [-0.2, 0) is 6.54 Å². The molecule has 3 heterocycles. The van der Waals surface area contributed by atoms with Crippen molar-refractivity contribution in [1.29, 1.82) is 0 Å². The second kappa shape index (κ2) is 9.76. The first-order valence-corrected chi connectivity index (χ1v) is 11.7. The maximum atomic E-state index is 14.4. The first-order chi connectivity index (χ1) is 15.8. The molecule has 1 unspecified atom stereocenters. The largest absolute Gasteiger partial charge is 0.331 e. The first-order valence-electron chi connectivity index (χ1n) is 10.8. The van der Waals surface area contributed by atoms with E-state index in [1.54, 1.807) is 23.7 Å². The number of rotatable bonds is 5. The molecular weight excluding hydrogens is 441 g/mol. The van der Waals surface area contributed by atoms with Crippen molar-refractivity contribution in [2.75, 3.05) is 25.0 Å². The Morgan fingerprint density at radius 1 is 1.21 bits per heavy atom. The molecule has 0 aliphatic carbocycles. The Balaban J connectivity index is 1.44. The highest BCUT2D eigenvalue weighted by Crippen LogP contribution is 2.25. The summed E-state index contributed by atoms with van der Waals surface area (Å²) in [7, 11) is 0. The standard InChI is InChI=1S/C24H26FN5O2S/c1-15-4-5-18(12-27-15)22(31)28-21-11-20(25)10-19(17(21)3)14-29-7-8-30(16(2)13-29)24(32)23-26-6-9-33-23/h4-6,9-12,16H,7-8,13-14H2,1-3H3,(H,28,31). The van der Waals surface area contributed by atoms with Gasteiger partial charge in [-0.05, 0) is 56.2 Å². The molecule has 2 amide bonds. The van der Waals surface area contributed by atoms with Crippen molar-refractivity contribution in [3.05, 3.63) is 75.2 Å². The van der Waals surface area contributed by atoms with Crippen molar-refractivity contribution in [1.82, 2.24) is 19.8 Å². The van der Waals surface area contributed by atoms with Gasteiger partial charge in [0.05, 0.1) is 5.56 Å². The number of thiazole rings is 1. The van der Waals surface area contributed by atoms with Crippen LogP contribution in [0.1, 0.15) is 43.9 Å². The van der Waals surface area contributed by atoms with E-state index in [1.165, 1.54) is 29.7 Å². The Bertz CT molecular complexity index is 1150. The van der Waals surface area contributed by atoms with E-state index in [0.29, 0.717) is 42.4 Å². The fraction of sp³-hybridized carbons (Fsp3) is 0.333. The predicted octanol–water partition coefficient (Wildman–Crippen LogP) is 3.89. The molecule has 33 heavy (non-hydrogen) atoms. The molecule has 9 heteroatoms. The molecule has 1 aromatic carbocycles. The van der Waals surface area contributed by atoms with Crippen LogP contribution >= 0.6 is 11.3 Å². The van der Waals surface area contributed by atoms with Crippen LogP contribution in [-0.4, -0.2) is 57.3 Å². The number of piperazine rings is 1. The summed E-state index contributed by atoms with van der Waals surface area (Å²) in [6, 6.07) is 6.32. The van der Waals surface area contributed by atoms with Crippen LogP contribution in [0.25, 0.3) is 0 Å². The zero-order chi connectivity index (χ0) is 23.5. The lowest BCUT2D eigenvalue weighted by Crippen LogP contribution is -2.53. The van der Waals surface area contributed by atoms with Crippen LogP contribution < -0.4 is 5.32 Å². The molecule has 1 saturated heterocycles. The number of pyridine rings is 1. The van der Waals surface area contributed by atoms with Gasteiger partial charge in [0, 0.05) is 61.4 Å². The number of carbonyl (C=O) groups excluding carboxylic acids is 2. The fourth-order valence-electron chi connectivity index (χ4n) is 4.00. The number of benzene rings is 1. The molecule has 1 atom stereocenters. The number of nitrogens with one attached hydrogen (secondary N) is 1. The molecule has 4 rings (SSSR count). The SMILES string of the molecule is Cc1ccc(C(=O)Nc2cc(F)cc(CN3CCN(C(=O)c4nccs4)C(C)C3)c2C)cn1. The summed E-state index contributed by atoms with van der Waals surface area (Å²) in [5, 5.41) is 5.11. The summed E-state index contributed by atoms with van der Waals surface area (Å²) in [5.74, 6) is -0.779. The van der Waals surface area contributed by atoms with Crippen molar-refractivity contribution in [2.24, 2.45) is 0 Å². The van der Waals surface area contributed by atoms with E-state index in [9.17, 15) is 14.0 Å². The lowest BCUT2D eigenvalue weighted by atomic mass is 10.0. The number of carbonyl (C=O) groups is 2. The summed E-state index contributed by atoms with van der Waals surface area (Å²) >= 11 is 1.34. The quantitative estimate of drug-likeness (QED) is 0.616. The molecule has 3 aromatic rings. The third-order valence-corrected chi connectivity index (χ3v) is 6.64. The average Bonchev–Trinajstić information content (AvgIpc) is 3.32. The lowest BCUT2D eigenvalue weighted by Gasteiger charge is -2.39. The van der Waals surface area contributed by atoms with Crippen LogP contribution in [0.4, 0.5) is 10.1 Å². The number of aryl methyl sites for hydroxylation is 1. The molecule has 0 spiro atoms. The number of amides is 2. The third-order valence-electron chi connectivity index (χ3n) is 5.88. The molecular formula is C24H26FN5O2S. The highest BCUT2D eigenvalue weighted by atomic mass is 32.1. The van der Waals surface area contributed by atoms with Gasteiger partial charge in [-0.2, -0.15) is 0 Å². The van der Waals surface area contributed by atoms with Gasteiger partial charge in [0.15, 0.2) is 5.01 Å². The second-order valence-electron chi connectivity index (χ2n) is 8.30. The molecule has 172 valence electrons. The molecule has 1 fully saturated rings. The number of nitrogens with zero attached hydrogens (tertiary/aromatic N) is 4. The summed E-state index contributed by atoms with van der Waals surface area (Å²) in [6.45, 7) is 8.19. The summed E-state index contributed by atoms with van der Waals surface area (Å²) in [4.78, 5) is 37.6. The van der Waals surface area contributed by atoms with Crippen LogP contribution in [0.15, 0.2) is 42.0 Å². The summed E-state index contributed by atoms with van der Waals surface area (Å²) in [6.07, 6.45) is 3.14. The van der Waals surface area contributed by atoms with E-state index in [0.717, 1.165) is 16.8 Å². The Morgan fingerprint density at radius 2 is 2.03 bits per heavy atom. The van der Waals surface area contributed by atoms with Gasteiger partial charge >= 0.3 is 0 Å². The normalized spacial score (nSPS) is 16.6. The third kappa shape index (κ3) is 5.26. The second-order valence-corrected chi connectivity index (χ2v) is 9.19. The van der Waals surface area contributed by atoms with Gasteiger partial charge in [0.2, 0.25) is 0 Å². The van der Waals surface area contributed by atoms with Gasteiger partial charge in [-0.3, -0.25) is 19.5 Å². The van der Waals surface area contributed by atoms with Gasteiger partial charge in [0.1, 0.15) is 5.82 Å². The molecule has 1 aliphatic heterocycles. The topological polar surface area (TPSA) is 78.4 Å². The number of hydrogen-bond acceptors (Lipinski definition) is 6. The maximum absolute atomic E-state index is 14.4. The van der Waals surface area contributed by atoms with Crippen LogP contribution in [0, 0.1) is 19.7 Å². The van der Waals surface area contributed by atoms with Crippen molar-refractivity contribution >= 4 is 28.8 Å². The van der Waals surface area contributed by atoms with E-state index in [1.807, 2.05) is 25.7 Å². The molecule has 0 saturated carbocycles. The van der Waals surface area contributed by atoms with Crippen molar-refractivity contribution in [3.8, 4) is 0 Å². The van der Waals surface area contributed by atoms with Gasteiger partial charge < -0.3 is 10.2 Å².